The Morgan fingerprint density at radius 2 is 1.23 bits per heavy atom. The highest BCUT2D eigenvalue weighted by Crippen LogP contribution is 2.37. The molecule has 3 rings (SSSR count). The first-order valence-corrected chi connectivity index (χ1v) is 8.78. The number of aryl methyl sites for hydroxylation is 2. The van der Waals surface area contributed by atoms with Crippen LogP contribution in [0, 0.1) is 13.8 Å². The predicted molar refractivity (Wildman–Crippen MR) is 94.8 cm³/mol. The van der Waals surface area contributed by atoms with Gasteiger partial charge in [-0.3, -0.25) is 0 Å². The van der Waals surface area contributed by atoms with Gasteiger partial charge >= 0.3 is 0 Å². The average molecular weight is 323 g/mol. The number of nitrogens with zero attached hydrogens (tertiary/aromatic N) is 1. The van der Waals surface area contributed by atoms with Gasteiger partial charge in [0.2, 0.25) is 0 Å². The molecule has 1 aromatic heterocycles. The maximum Gasteiger partial charge on any atom is 0.115 e. The van der Waals surface area contributed by atoms with E-state index in [4.69, 9.17) is 0 Å². The van der Waals surface area contributed by atoms with Crippen LogP contribution in [0.15, 0.2) is 86.6 Å². The SMILES string of the molecule is Cc1ccc(Sc2cccnc2Sc2ccc(C)cc2)cc1. The van der Waals surface area contributed by atoms with Crippen LogP contribution >= 0.6 is 23.5 Å². The smallest absolute Gasteiger partial charge is 0.115 e. The van der Waals surface area contributed by atoms with Crippen molar-refractivity contribution in [3.8, 4) is 0 Å². The summed E-state index contributed by atoms with van der Waals surface area (Å²) in [6.07, 6.45) is 1.86. The van der Waals surface area contributed by atoms with Crippen molar-refractivity contribution in [2.45, 2.75) is 33.6 Å². The van der Waals surface area contributed by atoms with Crippen molar-refractivity contribution in [2.24, 2.45) is 0 Å². The molecule has 0 spiro atoms. The Kier molecular flexibility index (Phi) is 4.86. The van der Waals surface area contributed by atoms with Crippen LogP contribution in [0.25, 0.3) is 0 Å². The summed E-state index contributed by atoms with van der Waals surface area (Å²) >= 11 is 3.48. The first-order valence-electron chi connectivity index (χ1n) is 7.15. The van der Waals surface area contributed by atoms with Crippen LogP contribution < -0.4 is 0 Å². The summed E-state index contributed by atoms with van der Waals surface area (Å²) in [5.41, 5.74) is 2.56. The van der Waals surface area contributed by atoms with Gasteiger partial charge in [-0.05, 0) is 50.2 Å². The number of hydrogen-bond acceptors (Lipinski definition) is 3. The zero-order valence-electron chi connectivity index (χ0n) is 12.6. The van der Waals surface area contributed by atoms with E-state index in [9.17, 15) is 0 Å². The third-order valence-corrected chi connectivity index (χ3v) is 5.43. The van der Waals surface area contributed by atoms with E-state index >= 15 is 0 Å². The number of hydrogen-bond donors (Lipinski definition) is 0. The molecule has 3 heteroatoms. The molecule has 22 heavy (non-hydrogen) atoms. The molecule has 0 saturated carbocycles. The number of pyridine rings is 1. The first kappa shape index (κ1) is 15.2. The second kappa shape index (κ2) is 7.03. The zero-order chi connectivity index (χ0) is 15.4. The molecule has 0 unspecified atom stereocenters. The molecular weight excluding hydrogens is 306 g/mol. The fourth-order valence-electron chi connectivity index (χ4n) is 1.98. The second-order valence-corrected chi connectivity index (χ2v) is 7.31. The molecule has 0 fully saturated rings. The van der Waals surface area contributed by atoms with Crippen molar-refractivity contribution in [3.63, 3.8) is 0 Å². The highest BCUT2D eigenvalue weighted by molar-refractivity contribution is 8.02. The van der Waals surface area contributed by atoms with Gasteiger partial charge in [0.1, 0.15) is 5.03 Å². The number of rotatable bonds is 4. The lowest BCUT2D eigenvalue weighted by molar-refractivity contribution is 1.03. The van der Waals surface area contributed by atoms with Gasteiger partial charge in [-0.2, -0.15) is 0 Å². The summed E-state index contributed by atoms with van der Waals surface area (Å²) < 4.78 is 0. The standard InChI is InChI=1S/C19H17NS2/c1-14-5-9-16(10-6-14)21-18-4-3-13-20-19(18)22-17-11-7-15(2)8-12-17/h3-13H,1-2H3. The topological polar surface area (TPSA) is 12.9 Å². The minimum atomic E-state index is 1.05. The van der Waals surface area contributed by atoms with E-state index in [2.05, 4.69) is 73.4 Å². The lowest BCUT2D eigenvalue weighted by atomic mass is 10.2. The molecule has 1 nitrogen and oxygen atoms in total. The van der Waals surface area contributed by atoms with Gasteiger partial charge in [0.25, 0.3) is 0 Å². The molecule has 110 valence electrons. The monoisotopic (exact) mass is 323 g/mol. The Labute approximate surface area is 140 Å². The van der Waals surface area contributed by atoms with E-state index in [1.165, 1.54) is 25.8 Å². The average Bonchev–Trinajstić information content (AvgIpc) is 2.54. The molecule has 0 atom stereocenters. The van der Waals surface area contributed by atoms with Crippen molar-refractivity contribution in [1.29, 1.82) is 0 Å². The normalized spacial score (nSPS) is 10.6. The molecule has 0 aliphatic carbocycles. The fraction of sp³-hybridized carbons (Fsp3) is 0.105. The third-order valence-electron chi connectivity index (χ3n) is 3.22. The summed E-state index contributed by atoms with van der Waals surface area (Å²) in [7, 11) is 0. The van der Waals surface area contributed by atoms with Gasteiger partial charge in [0.15, 0.2) is 0 Å². The van der Waals surface area contributed by atoms with E-state index in [0.29, 0.717) is 0 Å². The fourth-order valence-corrected chi connectivity index (χ4v) is 3.82. The van der Waals surface area contributed by atoms with Gasteiger partial charge in [-0.15, -0.1) is 0 Å². The summed E-state index contributed by atoms with van der Waals surface area (Å²) in [6.45, 7) is 4.21. The molecule has 0 saturated heterocycles. The molecule has 0 bridgehead atoms. The van der Waals surface area contributed by atoms with E-state index < -0.39 is 0 Å². The minimum Gasteiger partial charge on any atom is -0.248 e. The Bertz CT molecular complexity index is 683. The largest absolute Gasteiger partial charge is 0.248 e. The van der Waals surface area contributed by atoms with E-state index in [0.717, 1.165) is 5.03 Å². The molecule has 2 aromatic carbocycles. The molecule has 0 aliphatic heterocycles. The molecule has 1 heterocycles. The minimum absolute atomic E-state index is 1.05. The Morgan fingerprint density at radius 1 is 0.682 bits per heavy atom. The molecule has 0 amide bonds. The number of aromatic nitrogens is 1. The van der Waals surface area contributed by atoms with Gasteiger partial charge in [-0.25, -0.2) is 4.98 Å². The Balaban J connectivity index is 1.83. The van der Waals surface area contributed by atoms with Gasteiger partial charge in [0.05, 0.1) is 0 Å². The van der Waals surface area contributed by atoms with Crippen LogP contribution in [0.5, 0.6) is 0 Å². The quantitative estimate of drug-likeness (QED) is 0.584. The van der Waals surface area contributed by atoms with Crippen molar-refractivity contribution in [1.82, 2.24) is 4.98 Å². The molecule has 0 radical (unpaired) electrons. The van der Waals surface area contributed by atoms with Crippen LogP contribution in [-0.4, -0.2) is 4.98 Å². The maximum atomic E-state index is 4.55. The van der Waals surface area contributed by atoms with Crippen LogP contribution in [0.2, 0.25) is 0 Å². The van der Waals surface area contributed by atoms with Crippen LogP contribution in [0.1, 0.15) is 11.1 Å². The predicted octanol–water partition coefficient (Wildman–Crippen LogP) is 6.00. The molecular formula is C19H17NS2. The zero-order valence-corrected chi connectivity index (χ0v) is 14.2. The Morgan fingerprint density at radius 3 is 1.82 bits per heavy atom. The summed E-state index contributed by atoms with van der Waals surface area (Å²) in [4.78, 5) is 8.20. The third kappa shape index (κ3) is 3.93. The van der Waals surface area contributed by atoms with Crippen LogP contribution in [0.3, 0.4) is 0 Å². The van der Waals surface area contributed by atoms with Crippen molar-refractivity contribution >= 4 is 23.5 Å². The van der Waals surface area contributed by atoms with Gasteiger partial charge in [-0.1, -0.05) is 58.9 Å². The summed E-state index contributed by atoms with van der Waals surface area (Å²) in [5.74, 6) is 0. The van der Waals surface area contributed by atoms with Crippen molar-refractivity contribution in [3.05, 3.63) is 78.0 Å². The highest BCUT2D eigenvalue weighted by atomic mass is 32.2. The van der Waals surface area contributed by atoms with Crippen LogP contribution in [0.4, 0.5) is 0 Å². The van der Waals surface area contributed by atoms with E-state index in [1.54, 1.807) is 23.5 Å². The van der Waals surface area contributed by atoms with E-state index in [-0.39, 0.29) is 0 Å². The van der Waals surface area contributed by atoms with Crippen molar-refractivity contribution in [2.75, 3.05) is 0 Å². The van der Waals surface area contributed by atoms with E-state index in [1.807, 2.05) is 12.3 Å². The van der Waals surface area contributed by atoms with Crippen LogP contribution in [-0.2, 0) is 0 Å². The Hall–Kier alpha value is -1.71. The molecule has 0 N–H and O–H groups in total. The van der Waals surface area contributed by atoms with Gasteiger partial charge in [0, 0.05) is 20.9 Å². The maximum absolute atomic E-state index is 4.55. The highest BCUT2D eigenvalue weighted by Gasteiger charge is 2.07. The summed E-state index contributed by atoms with van der Waals surface area (Å²) in [6, 6.07) is 21.3. The van der Waals surface area contributed by atoms with Gasteiger partial charge < -0.3 is 0 Å². The summed E-state index contributed by atoms with van der Waals surface area (Å²) in [5, 5.41) is 1.05. The lowest BCUT2D eigenvalue weighted by Crippen LogP contribution is -1.84. The number of benzene rings is 2. The van der Waals surface area contributed by atoms with Crippen molar-refractivity contribution < 1.29 is 0 Å². The molecule has 3 aromatic rings. The molecule has 0 aliphatic rings. The first-order chi connectivity index (χ1) is 10.7. The second-order valence-electron chi connectivity index (χ2n) is 5.14. The lowest BCUT2D eigenvalue weighted by Gasteiger charge is -2.08.